The van der Waals surface area contributed by atoms with E-state index < -0.39 is 0 Å². The summed E-state index contributed by atoms with van der Waals surface area (Å²) in [5.74, 6) is 14.6. The van der Waals surface area contributed by atoms with Crippen LogP contribution in [0.25, 0.3) is 90.9 Å². The number of aromatic nitrogens is 4. The zero-order valence-corrected chi connectivity index (χ0v) is 66.1. The van der Waals surface area contributed by atoms with Gasteiger partial charge in [0, 0.05) is 66.3 Å². The van der Waals surface area contributed by atoms with Crippen LogP contribution in [0, 0.1) is 23.7 Å². The van der Waals surface area contributed by atoms with E-state index in [1.165, 1.54) is 199 Å². The minimum atomic E-state index is -0.0134. The summed E-state index contributed by atoms with van der Waals surface area (Å²) < 4.78 is 4.11. The van der Waals surface area contributed by atoms with Crippen LogP contribution in [0.2, 0.25) is 0 Å². The molecule has 0 amide bonds. The highest BCUT2D eigenvalue weighted by Crippen LogP contribution is 2.56. The van der Waals surface area contributed by atoms with Crippen molar-refractivity contribution in [2.45, 2.75) is 139 Å². The lowest BCUT2D eigenvalue weighted by Crippen LogP contribution is -2.35. The van der Waals surface area contributed by atoms with E-state index in [0.717, 1.165) is 107 Å². The number of nitrogens with one attached hydrogen (secondary N) is 2. The minimum absolute atomic E-state index is 0.0109. The van der Waals surface area contributed by atoms with E-state index in [-0.39, 0.29) is 10.8 Å². The molecule has 0 fully saturated rings. The fourth-order valence-electron chi connectivity index (χ4n) is 17.3. The molecule has 3 aromatic heterocycles. The molecule has 546 valence electrons. The molecule has 2 aliphatic carbocycles. The Hall–Kier alpha value is -9.12. The van der Waals surface area contributed by atoms with Crippen LogP contribution >= 0.6 is 0 Å². The van der Waals surface area contributed by atoms with E-state index in [1.54, 1.807) is 0 Å². The lowest BCUT2D eigenvalue weighted by atomic mass is 9.70. The minimum Gasteiger partial charge on any atom is -0.355 e. The number of nitrogens with zero attached hydrogens (tertiary/aromatic N) is 6. The fourth-order valence-corrected chi connectivity index (χ4v) is 17.3. The Morgan fingerprint density at radius 3 is 0.981 bits per heavy atom. The first kappa shape index (κ1) is 75.1. The first-order valence-corrected chi connectivity index (χ1v) is 40.0. The Labute approximate surface area is 635 Å². The highest BCUT2D eigenvalue weighted by molar-refractivity contribution is 5.95. The van der Waals surface area contributed by atoms with Gasteiger partial charge in [0.25, 0.3) is 0 Å². The van der Waals surface area contributed by atoms with Crippen molar-refractivity contribution >= 4 is 46.4 Å². The zero-order chi connectivity index (χ0) is 74.1. The SMILES string of the molecule is C[N+](C)(C)CCCCCCC1(CCCCCC[N+](C)(C)C)c2ccccc2-c2ccc(C#Cc3ccc(-c4c5nc(cc6ccc([nH]6)c(-c6ccc(C#Cc7ccc8c(c7)C(CCCCCC[N+](C)(C)C)(CCCCCC[N+](C)(C)C)c7ccccc7-8)cc6)c6ccc(cc7nc4C=C7)[nH]6)C=C5)cc3)cc21. The molecule has 0 unspecified atom stereocenters. The van der Waals surface area contributed by atoms with Gasteiger partial charge in [-0.1, -0.05) is 160 Å². The summed E-state index contributed by atoms with van der Waals surface area (Å²) in [5.41, 5.74) is 27.3. The number of benzene rings is 6. The average molecular weight is 1410 g/mol. The van der Waals surface area contributed by atoms with Gasteiger partial charge in [-0.2, -0.15) is 0 Å². The number of fused-ring (bicyclic) bond motifs is 14. The number of aromatic amines is 2. The summed E-state index contributed by atoms with van der Waals surface area (Å²) in [5, 5.41) is 0. The standard InChI is InChI=1S/C98H118N8/c1-103(2,3)65-29-17-13-25-61-97(62-26-14-18-30-66-104(4,5)6)87-35-23-21-33-83(87)85-55-45-75(69-89(85)97)39-37-73-41-47-77(48-42-73)95-91-57-51-79(99-91)71-81-53-59-93(101-81)96(94-60-54-82(102-94)72-80-52-58-92(95)100-80)78-49-43-74(44-50-78)38-40-76-46-56-86-84-34-22-24-36-88(84)98(90(86)70-76,63-27-15-19-31-67-105(7,8)9)64-28-16-20-32-68-106(10,11)12/h21-24,33-36,41-60,69-72,99-100H,13-20,25-32,61-68H2,1-12H3/q+4. The summed E-state index contributed by atoms with van der Waals surface area (Å²) in [6.45, 7) is 4.89. The lowest BCUT2D eigenvalue weighted by molar-refractivity contribution is -0.870. The maximum absolute atomic E-state index is 5.30. The maximum atomic E-state index is 5.30. The summed E-state index contributed by atoms with van der Waals surface area (Å²) >= 11 is 0. The molecule has 4 aliphatic rings. The average Bonchev–Trinajstić information content (AvgIpc) is 1.58. The number of hydrogen-bond donors (Lipinski definition) is 2. The molecule has 0 saturated carbocycles. The molecule has 5 heterocycles. The van der Waals surface area contributed by atoms with Gasteiger partial charge in [0.1, 0.15) is 0 Å². The van der Waals surface area contributed by atoms with Gasteiger partial charge in [-0.15, -0.1) is 0 Å². The van der Waals surface area contributed by atoms with E-state index >= 15 is 0 Å². The molecule has 106 heavy (non-hydrogen) atoms. The normalized spacial score (nSPS) is 13.9. The third kappa shape index (κ3) is 18.5. The highest BCUT2D eigenvalue weighted by atomic mass is 15.3. The van der Waals surface area contributed by atoms with Crippen molar-refractivity contribution in [1.29, 1.82) is 0 Å². The van der Waals surface area contributed by atoms with Crippen molar-refractivity contribution in [3.8, 4) is 68.2 Å². The van der Waals surface area contributed by atoms with Crippen LogP contribution in [0.1, 0.15) is 196 Å². The number of unbranched alkanes of at least 4 members (excludes halogenated alkanes) is 12. The predicted molar refractivity (Wildman–Crippen MR) is 451 cm³/mol. The van der Waals surface area contributed by atoms with Crippen LogP contribution in [-0.2, 0) is 10.8 Å². The second kappa shape index (κ2) is 32.5. The molecule has 8 heteroatoms. The molecule has 0 saturated heterocycles. The quantitative estimate of drug-likeness (QED) is 0.0268. The molecule has 6 aromatic carbocycles. The van der Waals surface area contributed by atoms with Gasteiger partial charge in [-0.05, 0) is 242 Å². The van der Waals surface area contributed by atoms with E-state index in [2.05, 4.69) is 312 Å². The van der Waals surface area contributed by atoms with Gasteiger partial charge in [0.15, 0.2) is 0 Å². The van der Waals surface area contributed by atoms with Gasteiger partial charge in [0.2, 0.25) is 0 Å². The van der Waals surface area contributed by atoms with E-state index in [0.29, 0.717) is 0 Å². The summed E-state index contributed by atoms with van der Waals surface area (Å²) in [4.78, 5) is 18.2. The number of rotatable bonds is 30. The van der Waals surface area contributed by atoms with Gasteiger partial charge < -0.3 is 27.9 Å². The van der Waals surface area contributed by atoms with Gasteiger partial charge in [-0.3, -0.25) is 0 Å². The van der Waals surface area contributed by atoms with Crippen LogP contribution in [0.3, 0.4) is 0 Å². The van der Waals surface area contributed by atoms with Gasteiger partial charge in [-0.25, -0.2) is 9.97 Å². The van der Waals surface area contributed by atoms with Crippen LogP contribution in [-0.4, -0.2) is 149 Å². The monoisotopic (exact) mass is 1410 g/mol. The summed E-state index contributed by atoms with van der Waals surface area (Å²) in [6, 6.07) is 63.2. The number of H-pyrrole nitrogens is 2. The first-order chi connectivity index (χ1) is 50.9. The van der Waals surface area contributed by atoms with Crippen LogP contribution in [0.4, 0.5) is 0 Å². The molecule has 9 aromatic rings. The first-order valence-electron chi connectivity index (χ1n) is 40.0. The third-order valence-electron chi connectivity index (χ3n) is 22.7. The smallest absolute Gasteiger partial charge is 0.0780 e. The Morgan fingerprint density at radius 1 is 0.292 bits per heavy atom. The zero-order valence-electron chi connectivity index (χ0n) is 66.1. The molecular formula is C98H118N8+4. The van der Waals surface area contributed by atoms with Crippen LogP contribution in [0.15, 0.2) is 170 Å². The predicted octanol–water partition coefficient (Wildman–Crippen LogP) is 21.9. The molecule has 0 atom stereocenters. The molecule has 0 spiro atoms. The van der Waals surface area contributed by atoms with Gasteiger partial charge in [0.05, 0.1) is 134 Å². The number of hydrogen-bond acceptors (Lipinski definition) is 2. The van der Waals surface area contributed by atoms with Gasteiger partial charge >= 0.3 is 0 Å². The topological polar surface area (TPSA) is 57.4 Å². The maximum Gasteiger partial charge on any atom is 0.0780 e. The molecule has 0 radical (unpaired) electrons. The van der Waals surface area contributed by atoms with Crippen molar-refractivity contribution in [2.75, 3.05) is 111 Å². The Bertz CT molecular complexity index is 4810. The van der Waals surface area contributed by atoms with E-state index in [9.17, 15) is 0 Å². The third-order valence-corrected chi connectivity index (χ3v) is 22.7. The summed E-state index contributed by atoms with van der Waals surface area (Å²) in [6.07, 6.45) is 33.4. The fraction of sp³-hybridized carbons (Fsp3) is 0.388. The Morgan fingerprint density at radius 2 is 0.613 bits per heavy atom. The molecule has 2 N–H and O–H groups in total. The van der Waals surface area contributed by atoms with E-state index in [1.807, 2.05) is 0 Å². The second-order valence-corrected chi connectivity index (χ2v) is 35.3. The van der Waals surface area contributed by atoms with Crippen molar-refractivity contribution in [3.05, 3.63) is 237 Å². The van der Waals surface area contributed by atoms with Crippen LogP contribution in [0.5, 0.6) is 0 Å². The second-order valence-electron chi connectivity index (χ2n) is 35.3. The Kier molecular flexibility index (Phi) is 23.1. The van der Waals surface area contributed by atoms with Crippen molar-refractivity contribution in [3.63, 3.8) is 0 Å². The molecule has 8 nitrogen and oxygen atoms in total. The summed E-state index contributed by atoms with van der Waals surface area (Å²) in [7, 11) is 27.8. The molecule has 8 bridgehead atoms. The van der Waals surface area contributed by atoms with Crippen molar-refractivity contribution in [1.82, 2.24) is 19.9 Å². The van der Waals surface area contributed by atoms with Crippen LogP contribution < -0.4 is 0 Å². The lowest BCUT2D eigenvalue weighted by Gasteiger charge is -2.33. The molecular weight excluding hydrogens is 1290 g/mol. The highest BCUT2D eigenvalue weighted by Gasteiger charge is 2.44. The van der Waals surface area contributed by atoms with E-state index in [4.69, 9.17) is 9.97 Å². The van der Waals surface area contributed by atoms with Crippen molar-refractivity contribution in [2.24, 2.45) is 0 Å². The Balaban J connectivity index is 0.755. The number of quaternary nitrogens is 4. The molecule has 13 rings (SSSR count). The van der Waals surface area contributed by atoms with Crippen molar-refractivity contribution < 1.29 is 17.9 Å². The largest absolute Gasteiger partial charge is 0.355 e. The molecule has 2 aliphatic heterocycles.